The molecular formula is C13H9F5N2O3S. The molecule has 0 bridgehead atoms. The zero-order valence-corrected chi connectivity index (χ0v) is 12.5. The molecule has 0 spiro atoms. The van der Waals surface area contributed by atoms with E-state index in [0.29, 0.717) is 17.7 Å². The number of benzene rings is 1. The number of nitrogens with one attached hydrogen (secondary N) is 1. The number of rotatable bonds is 5. The number of hydrogen-bond acceptors (Lipinski definition) is 5. The van der Waals surface area contributed by atoms with Gasteiger partial charge < -0.3 is 9.50 Å². The first kappa shape index (κ1) is 17.9. The van der Waals surface area contributed by atoms with Crippen LogP contribution < -0.4 is 9.50 Å². The summed E-state index contributed by atoms with van der Waals surface area (Å²) in [5, 5.41) is 2.41. The van der Waals surface area contributed by atoms with Gasteiger partial charge in [0.25, 0.3) is 0 Å². The van der Waals surface area contributed by atoms with Crippen LogP contribution in [0.3, 0.4) is 0 Å². The number of halogens is 5. The molecule has 0 saturated carbocycles. The van der Waals surface area contributed by atoms with E-state index in [9.17, 15) is 30.4 Å². The van der Waals surface area contributed by atoms with Crippen LogP contribution in [0.5, 0.6) is 5.88 Å². The van der Waals surface area contributed by atoms with Crippen molar-refractivity contribution < 1.29 is 34.6 Å². The number of aromatic nitrogens is 1. The van der Waals surface area contributed by atoms with Gasteiger partial charge in [-0.3, -0.25) is 0 Å². The molecule has 11 heteroatoms. The van der Waals surface area contributed by atoms with Crippen molar-refractivity contribution >= 4 is 15.9 Å². The topological polar surface area (TPSA) is 68.3 Å². The Labute approximate surface area is 133 Å². The molecule has 0 unspecified atom stereocenters. The number of anilines is 1. The molecule has 24 heavy (non-hydrogen) atoms. The first-order valence-electron chi connectivity index (χ1n) is 6.24. The van der Waals surface area contributed by atoms with E-state index in [2.05, 4.69) is 14.5 Å². The van der Waals surface area contributed by atoms with Gasteiger partial charge in [-0.2, -0.15) is 26.6 Å². The molecule has 2 aromatic rings. The van der Waals surface area contributed by atoms with Crippen LogP contribution in [-0.4, -0.2) is 18.9 Å². The summed E-state index contributed by atoms with van der Waals surface area (Å²) in [6, 6.07) is 6.58. The molecule has 0 amide bonds. The van der Waals surface area contributed by atoms with Gasteiger partial charge >= 0.3 is 15.6 Å². The monoisotopic (exact) mass is 368 g/mol. The normalized spacial score (nSPS) is 12.0. The first-order chi connectivity index (χ1) is 11.1. The van der Waals surface area contributed by atoms with E-state index in [1.807, 2.05) is 0 Å². The third kappa shape index (κ3) is 4.31. The molecule has 2 rings (SSSR count). The predicted molar refractivity (Wildman–Crippen MR) is 73.5 cm³/mol. The fraction of sp³-hybridized carbons (Fsp3) is 0.154. The van der Waals surface area contributed by atoms with Crippen molar-refractivity contribution in [3.8, 4) is 5.88 Å². The molecule has 130 valence electrons. The summed E-state index contributed by atoms with van der Waals surface area (Å²) in [6.45, 7) is -0.100. The van der Waals surface area contributed by atoms with Crippen molar-refractivity contribution in [1.29, 1.82) is 0 Å². The average molecular weight is 368 g/mol. The largest absolute Gasteiger partial charge is 0.534 e. The summed E-state index contributed by atoms with van der Waals surface area (Å²) in [4.78, 5) is 3.33. The fourth-order valence-corrected chi connectivity index (χ4v) is 2.00. The van der Waals surface area contributed by atoms with E-state index < -0.39 is 39.0 Å². The van der Waals surface area contributed by atoms with Gasteiger partial charge in [0, 0.05) is 12.6 Å². The molecule has 1 aromatic carbocycles. The minimum atomic E-state index is -5.92. The van der Waals surface area contributed by atoms with Crippen LogP contribution in [0.25, 0.3) is 0 Å². The van der Waals surface area contributed by atoms with E-state index in [0.717, 1.165) is 6.07 Å². The number of nitrogens with zero attached hydrogens (tertiary/aromatic N) is 1. The van der Waals surface area contributed by atoms with Gasteiger partial charge in [-0.1, -0.05) is 12.1 Å². The molecule has 0 saturated heterocycles. The quantitative estimate of drug-likeness (QED) is 0.499. The van der Waals surface area contributed by atoms with Crippen LogP contribution >= 0.6 is 0 Å². The summed E-state index contributed by atoms with van der Waals surface area (Å²) in [6.07, 6.45) is 0. The van der Waals surface area contributed by atoms with Crippen molar-refractivity contribution in [2.75, 3.05) is 5.32 Å². The zero-order chi connectivity index (χ0) is 18.0. The molecule has 0 aliphatic carbocycles. The Bertz CT molecular complexity index is 840. The molecule has 0 aliphatic heterocycles. The van der Waals surface area contributed by atoms with Crippen LogP contribution in [0, 0.1) is 11.6 Å². The van der Waals surface area contributed by atoms with Gasteiger partial charge in [0.15, 0.2) is 11.6 Å². The number of pyridine rings is 1. The maximum atomic E-state index is 13.6. The molecule has 0 fully saturated rings. The van der Waals surface area contributed by atoms with Crippen LogP contribution in [0.15, 0.2) is 36.4 Å². The predicted octanol–water partition coefficient (Wildman–Crippen LogP) is 3.20. The second kappa shape index (κ2) is 6.59. The third-order valence-electron chi connectivity index (χ3n) is 2.65. The summed E-state index contributed by atoms with van der Waals surface area (Å²) >= 11 is 0. The van der Waals surface area contributed by atoms with Gasteiger partial charge in [-0.15, -0.1) is 0 Å². The van der Waals surface area contributed by atoms with E-state index in [1.165, 1.54) is 18.2 Å². The summed E-state index contributed by atoms with van der Waals surface area (Å²) in [5.41, 5.74) is -5.23. The standard InChI is InChI=1S/C13H9F5N2O3S/c14-9-3-1-2-8(6-9)7-19-12-10(15)4-5-11(20-12)23-24(21,22)13(16,17)18/h1-6H,7H2,(H,19,20). The maximum absolute atomic E-state index is 13.6. The molecule has 0 aliphatic rings. The molecule has 0 radical (unpaired) electrons. The van der Waals surface area contributed by atoms with Crippen molar-refractivity contribution in [2.45, 2.75) is 12.1 Å². The highest BCUT2D eigenvalue weighted by Crippen LogP contribution is 2.27. The molecule has 5 nitrogen and oxygen atoms in total. The Morgan fingerprint density at radius 1 is 1.12 bits per heavy atom. The Hall–Kier alpha value is -2.43. The highest BCUT2D eigenvalue weighted by Gasteiger charge is 2.48. The molecule has 1 N–H and O–H groups in total. The lowest BCUT2D eigenvalue weighted by atomic mass is 10.2. The zero-order valence-electron chi connectivity index (χ0n) is 11.6. The molecular weight excluding hydrogens is 359 g/mol. The minimum absolute atomic E-state index is 0.100. The Morgan fingerprint density at radius 3 is 2.46 bits per heavy atom. The van der Waals surface area contributed by atoms with Crippen LogP contribution in [0.4, 0.5) is 27.8 Å². The molecule has 1 aromatic heterocycles. The van der Waals surface area contributed by atoms with Gasteiger partial charge in [0.1, 0.15) is 5.82 Å². The third-order valence-corrected chi connectivity index (χ3v) is 3.61. The second-order valence-electron chi connectivity index (χ2n) is 4.45. The van der Waals surface area contributed by atoms with E-state index in [-0.39, 0.29) is 6.54 Å². The van der Waals surface area contributed by atoms with Gasteiger partial charge in [0.2, 0.25) is 5.88 Å². The Morgan fingerprint density at radius 2 is 1.83 bits per heavy atom. The van der Waals surface area contributed by atoms with Crippen LogP contribution in [-0.2, 0) is 16.7 Å². The fourth-order valence-electron chi connectivity index (χ4n) is 1.59. The Kier molecular flexibility index (Phi) is 4.92. The summed E-state index contributed by atoms with van der Waals surface area (Å²) in [5.74, 6) is -3.00. The van der Waals surface area contributed by atoms with E-state index in [4.69, 9.17) is 0 Å². The van der Waals surface area contributed by atoms with Crippen LogP contribution in [0.2, 0.25) is 0 Å². The molecule has 0 atom stereocenters. The maximum Gasteiger partial charge on any atom is 0.534 e. The van der Waals surface area contributed by atoms with Crippen molar-refractivity contribution in [2.24, 2.45) is 0 Å². The smallest absolute Gasteiger partial charge is 0.363 e. The van der Waals surface area contributed by atoms with Gasteiger partial charge in [0.05, 0.1) is 0 Å². The number of hydrogen-bond donors (Lipinski definition) is 1. The minimum Gasteiger partial charge on any atom is -0.363 e. The lowest BCUT2D eigenvalue weighted by molar-refractivity contribution is -0.0501. The summed E-state index contributed by atoms with van der Waals surface area (Å²) in [7, 11) is -5.92. The lowest BCUT2D eigenvalue weighted by Crippen LogP contribution is -2.28. The first-order valence-corrected chi connectivity index (χ1v) is 7.65. The average Bonchev–Trinajstić information content (AvgIpc) is 2.46. The van der Waals surface area contributed by atoms with Gasteiger partial charge in [-0.25, -0.2) is 8.78 Å². The lowest BCUT2D eigenvalue weighted by Gasteiger charge is -2.11. The van der Waals surface area contributed by atoms with Crippen LogP contribution in [0.1, 0.15) is 5.56 Å². The van der Waals surface area contributed by atoms with E-state index in [1.54, 1.807) is 0 Å². The SMILES string of the molecule is O=S(=O)(Oc1ccc(F)c(NCc2cccc(F)c2)n1)C(F)(F)F. The highest BCUT2D eigenvalue weighted by atomic mass is 32.2. The van der Waals surface area contributed by atoms with E-state index >= 15 is 0 Å². The summed E-state index contributed by atoms with van der Waals surface area (Å²) < 4.78 is 88.9. The second-order valence-corrected chi connectivity index (χ2v) is 5.98. The molecule has 1 heterocycles. The Balaban J connectivity index is 2.17. The highest BCUT2D eigenvalue weighted by molar-refractivity contribution is 7.87. The van der Waals surface area contributed by atoms with Gasteiger partial charge in [-0.05, 0) is 23.8 Å². The van der Waals surface area contributed by atoms with Crippen molar-refractivity contribution in [3.05, 3.63) is 53.6 Å². The number of alkyl halides is 3. The van der Waals surface area contributed by atoms with Crippen molar-refractivity contribution in [3.63, 3.8) is 0 Å². The van der Waals surface area contributed by atoms with Crippen molar-refractivity contribution in [1.82, 2.24) is 4.98 Å².